The van der Waals surface area contributed by atoms with Gasteiger partial charge >= 0.3 is 5.97 Å². The van der Waals surface area contributed by atoms with Crippen LogP contribution in [0.3, 0.4) is 0 Å². The molecule has 1 aromatic heterocycles. The average molecular weight is 331 g/mol. The molecule has 0 saturated heterocycles. The predicted octanol–water partition coefficient (Wildman–Crippen LogP) is 4.54. The van der Waals surface area contributed by atoms with Crippen molar-refractivity contribution in [3.05, 3.63) is 33.4 Å². The molecular formula is C13H13BrClNO2. The first-order chi connectivity index (χ1) is 8.28. The van der Waals surface area contributed by atoms with Gasteiger partial charge in [0, 0.05) is 21.6 Å². The summed E-state index contributed by atoms with van der Waals surface area (Å²) >= 11 is 9.35. The van der Waals surface area contributed by atoms with E-state index in [-0.39, 0.29) is 5.97 Å². The van der Waals surface area contributed by atoms with Crippen LogP contribution in [0.5, 0.6) is 0 Å². The number of ether oxygens (including phenoxy) is 1. The molecule has 0 atom stereocenters. The highest BCUT2D eigenvalue weighted by atomic mass is 79.9. The fraction of sp³-hybridized carbons (Fsp3) is 0.308. The Balaban J connectivity index is 2.46. The van der Waals surface area contributed by atoms with E-state index in [9.17, 15) is 4.79 Å². The maximum Gasteiger partial charge on any atom is 0.340 e. The molecule has 1 heterocycles. The monoisotopic (exact) mass is 329 g/mol. The second kappa shape index (κ2) is 4.59. The zero-order valence-electron chi connectivity index (χ0n) is 10.3. The minimum Gasteiger partial charge on any atom is -0.456 e. The molecule has 0 radical (unpaired) electrons. The molecule has 3 nitrogen and oxygen atoms in total. The topological polar surface area (TPSA) is 42.1 Å². The van der Waals surface area contributed by atoms with E-state index >= 15 is 0 Å². The number of halogens is 2. The maximum absolute atomic E-state index is 12.0. The number of fused-ring (bicyclic) bond motifs is 1. The Morgan fingerprint density at radius 1 is 1.39 bits per heavy atom. The van der Waals surface area contributed by atoms with Gasteiger partial charge in [-0.25, -0.2) is 4.79 Å². The Morgan fingerprint density at radius 3 is 2.67 bits per heavy atom. The molecule has 0 aliphatic carbocycles. The summed E-state index contributed by atoms with van der Waals surface area (Å²) in [6, 6.07) is 3.59. The van der Waals surface area contributed by atoms with Gasteiger partial charge in [0.15, 0.2) is 0 Å². The highest BCUT2D eigenvalue weighted by Crippen LogP contribution is 2.30. The van der Waals surface area contributed by atoms with E-state index in [2.05, 4.69) is 20.9 Å². The number of nitrogens with one attached hydrogen (secondary N) is 1. The smallest absolute Gasteiger partial charge is 0.340 e. The Kier molecular flexibility index (Phi) is 3.43. The number of H-pyrrole nitrogens is 1. The zero-order valence-corrected chi connectivity index (χ0v) is 12.6. The first-order valence-corrected chi connectivity index (χ1v) is 6.64. The molecule has 0 unspecified atom stereocenters. The fourth-order valence-corrected chi connectivity index (χ4v) is 2.13. The van der Waals surface area contributed by atoms with Crippen LogP contribution in [-0.4, -0.2) is 16.6 Å². The first-order valence-electron chi connectivity index (χ1n) is 5.47. The van der Waals surface area contributed by atoms with E-state index in [1.807, 2.05) is 26.8 Å². The molecule has 18 heavy (non-hydrogen) atoms. The van der Waals surface area contributed by atoms with E-state index in [0.717, 1.165) is 15.4 Å². The van der Waals surface area contributed by atoms with Crippen molar-refractivity contribution in [3.63, 3.8) is 0 Å². The van der Waals surface area contributed by atoms with Gasteiger partial charge in [0.1, 0.15) is 5.60 Å². The number of carbonyl (C=O) groups is 1. The second-order valence-corrected chi connectivity index (χ2v) is 6.28. The summed E-state index contributed by atoms with van der Waals surface area (Å²) in [5.74, 6) is -0.344. The zero-order chi connectivity index (χ0) is 13.5. The molecule has 0 saturated carbocycles. The maximum atomic E-state index is 12.0. The number of aromatic amines is 1. The molecule has 0 amide bonds. The van der Waals surface area contributed by atoms with Gasteiger partial charge in [-0.2, -0.15) is 0 Å². The highest BCUT2D eigenvalue weighted by molar-refractivity contribution is 9.10. The van der Waals surface area contributed by atoms with Crippen molar-refractivity contribution in [2.24, 2.45) is 0 Å². The molecule has 0 spiro atoms. The number of hydrogen-bond acceptors (Lipinski definition) is 2. The lowest BCUT2D eigenvalue weighted by Gasteiger charge is -2.19. The number of aromatic nitrogens is 1. The molecule has 0 fully saturated rings. The Labute approximate surface area is 119 Å². The van der Waals surface area contributed by atoms with Crippen LogP contribution in [-0.2, 0) is 4.74 Å². The van der Waals surface area contributed by atoms with Gasteiger partial charge in [-0.05, 0) is 48.8 Å². The number of rotatable bonds is 1. The largest absolute Gasteiger partial charge is 0.456 e. The Morgan fingerprint density at radius 2 is 2.06 bits per heavy atom. The summed E-state index contributed by atoms with van der Waals surface area (Å²) < 4.78 is 6.10. The molecule has 5 heteroatoms. The van der Waals surface area contributed by atoms with Gasteiger partial charge in [0.05, 0.1) is 10.6 Å². The van der Waals surface area contributed by atoms with E-state index < -0.39 is 5.60 Å². The molecule has 2 rings (SSSR count). The molecule has 1 aromatic carbocycles. The van der Waals surface area contributed by atoms with Crippen LogP contribution in [0.4, 0.5) is 0 Å². The minimum atomic E-state index is -0.510. The van der Waals surface area contributed by atoms with Crippen molar-refractivity contribution in [2.45, 2.75) is 26.4 Å². The van der Waals surface area contributed by atoms with Crippen LogP contribution in [0, 0.1) is 0 Å². The summed E-state index contributed by atoms with van der Waals surface area (Å²) in [5.41, 5.74) is 0.811. The summed E-state index contributed by atoms with van der Waals surface area (Å²) in [4.78, 5) is 15.1. The number of esters is 1. The lowest BCUT2D eigenvalue weighted by molar-refractivity contribution is 0.00719. The third-order valence-corrected chi connectivity index (χ3v) is 3.54. The van der Waals surface area contributed by atoms with E-state index in [1.165, 1.54) is 0 Å². The molecular weight excluding hydrogens is 318 g/mol. The number of hydrogen-bond donors (Lipinski definition) is 1. The third kappa shape index (κ3) is 2.70. The van der Waals surface area contributed by atoms with Gasteiger partial charge in [-0.3, -0.25) is 0 Å². The van der Waals surface area contributed by atoms with E-state index in [0.29, 0.717) is 10.6 Å². The standard InChI is InChI=1S/C13H13BrClNO2/c1-13(2,3)18-12(17)8-6-16-11-5-10(15)9(14)4-7(8)11/h4-6,16H,1-3H3. The molecule has 0 bridgehead atoms. The van der Waals surface area contributed by atoms with Gasteiger partial charge in [0.25, 0.3) is 0 Å². The summed E-state index contributed by atoms with van der Waals surface area (Å²) in [7, 11) is 0. The van der Waals surface area contributed by atoms with Crippen LogP contribution in [0.2, 0.25) is 5.02 Å². The lowest BCUT2D eigenvalue weighted by atomic mass is 10.1. The highest BCUT2D eigenvalue weighted by Gasteiger charge is 2.21. The second-order valence-electron chi connectivity index (χ2n) is 5.02. The Bertz CT molecular complexity index is 613. The normalized spacial score (nSPS) is 11.8. The van der Waals surface area contributed by atoms with Crippen LogP contribution in [0.1, 0.15) is 31.1 Å². The Hall–Kier alpha value is -1.000. The van der Waals surface area contributed by atoms with Crippen molar-refractivity contribution in [1.29, 1.82) is 0 Å². The van der Waals surface area contributed by atoms with Gasteiger partial charge in [-0.1, -0.05) is 11.6 Å². The predicted molar refractivity (Wildman–Crippen MR) is 76.2 cm³/mol. The van der Waals surface area contributed by atoms with Crippen LogP contribution < -0.4 is 0 Å². The van der Waals surface area contributed by atoms with Gasteiger partial charge in [-0.15, -0.1) is 0 Å². The van der Waals surface area contributed by atoms with Crippen molar-refractivity contribution in [3.8, 4) is 0 Å². The molecule has 0 aliphatic rings. The van der Waals surface area contributed by atoms with Crippen molar-refractivity contribution in [1.82, 2.24) is 4.98 Å². The van der Waals surface area contributed by atoms with E-state index in [4.69, 9.17) is 16.3 Å². The minimum absolute atomic E-state index is 0.344. The molecule has 2 aromatic rings. The van der Waals surface area contributed by atoms with Crippen LogP contribution in [0.15, 0.2) is 22.8 Å². The van der Waals surface area contributed by atoms with E-state index in [1.54, 1.807) is 12.3 Å². The van der Waals surface area contributed by atoms with Crippen molar-refractivity contribution in [2.75, 3.05) is 0 Å². The van der Waals surface area contributed by atoms with Crippen LogP contribution >= 0.6 is 27.5 Å². The number of carbonyl (C=O) groups excluding carboxylic acids is 1. The SMILES string of the molecule is CC(C)(C)OC(=O)c1c[nH]c2cc(Cl)c(Br)cc12. The summed E-state index contributed by atoms with van der Waals surface area (Å²) in [5, 5.41) is 1.39. The van der Waals surface area contributed by atoms with Gasteiger partial charge in [0.2, 0.25) is 0 Å². The fourth-order valence-electron chi connectivity index (χ4n) is 1.62. The first kappa shape index (κ1) is 13.4. The van der Waals surface area contributed by atoms with Crippen molar-refractivity contribution >= 4 is 44.4 Å². The summed E-state index contributed by atoms with van der Waals surface area (Å²) in [6.45, 7) is 5.52. The third-order valence-electron chi connectivity index (χ3n) is 2.34. The van der Waals surface area contributed by atoms with Gasteiger partial charge < -0.3 is 9.72 Å². The number of benzene rings is 1. The van der Waals surface area contributed by atoms with Crippen molar-refractivity contribution < 1.29 is 9.53 Å². The molecule has 0 aliphatic heterocycles. The lowest BCUT2D eigenvalue weighted by Crippen LogP contribution is -2.23. The average Bonchev–Trinajstić information content (AvgIpc) is 2.59. The summed E-state index contributed by atoms with van der Waals surface area (Å²) in [6.07, 6.45) is 1.64. The quantitative estimate of drug-likeness (QED) is 0.780. The molecule has 96 valence electrons. The molecule has 1 N–H and O–H groups in total. The van der Waals surface area contributed by atoms with Crippen LogP contribution in [0.25, 0.3) is 10.9 Å².